The van der Waals surface area contributed by atoms with Crippen molar-refractivity contribution in [3.05, 3.63) is 0 Å². The minimum absolute atomic E-state index is 0.129. The van der Waals surface area contributed by atoms with Crippen LogP contribution in [0.2, 0.25) is 0 Å². The third-order valence-electron chi connectivity index (χ3n) is 4.93. The molecule has 2 aliphatic carbocycles. The van der Waals surface area contributed by atoms with E-state index in [1.807, 2.05) is 0 Å². The summed E-state index contributed by atoms with van der Waals surface area (Å²) in [6, 6.07) is 0.414. The first-order chi connectivity index (χ1) is 7.98. The highest BCUT2D eigenvalue weighted by Gasteiger charge is 2.55. The average molecular weight is 239 g/mol. The minimum Gasteiger partial charge on any atom is -0.480 e. The number of hydrogen-bond acceptors (Lipinski definition) is 2. The summed E-state index contributed by atoms with van der Waals surface area (Å²) < 4.78 is 0. The van der Waals surface area contributed by atoms with E-state index in [1.54, 1.807) is 0 Å². The molecule has 2 aliphatic rings. The Labute approximate surface area is 104 Å². The monoisotopic (exact) mass is 239 g/mol. The summed E-state index contributed by atoms with van der Waals surface area (Å²) in [5.41, 5.74) is -0.814. The summed E-state index contributed by atoms with van der Waals surface area (Å²) >= 11 is 0. The molecule has 3 heteroatoms. The summed E-state index contributed by atoms with van der Waals surface area (Å²) in [6.45, 7) is 4.20. The van der Waals surface area contributed by atoms with Gasteiger partial charge in [-0.25, -0.2) is 0 Å². The van der Waals surface area contributed by atoms with Crippen molar-refractivity contribution < 1.29 is 9.90 Å². The smallest absolute Gasteiger partial charge is 0.324 e. The van der Waals surface area contributed by atoms with E-state index in [0.29, 0.717) is 6.04 Å². The molecule has 2 N–H and O–H groups in total. The summed E-state index contributed by atoms with van der Waals surface area (Å²) in [5.74, 6) is -0.648. The van der Waals surface area contributed by atoms with Gasteiger partial charge in [0.15, 0.2) is 0 Å². The largest absolute Gasteiger partial charge is 0.480 e. The minimum atomic E-state index is -0.686. The Kier molecular flexibility index (Phi) is 3.48. The Balaban J connectivity index is 2.14. The molecule has 0 spiro atoms. The standard InChI is InChI=1S/C14H25NO2/c1-13(2)9-6-10-14(13,12(16)17)15-11-7-4-3-5-8-11/h11,15H,3-10H2,1-2H3,(H,16,17). The second-order valence-corrected chi connectivity index (χ2v) is 6.43. The Morgan fingerprint density at radius 2 is 1.76 bits per heavy atom. The number of carboxylic acids is 1. The molecule has 0 amide bonds. The summed E-state index contributed by atoms with van der Waals surface area (Å²) in [4.78, 5) is 11.8. The van der Waals surface area contributed by atoms with Crippen LogP contribution in [-0.2, 0) is 4.79 Å². The molecule has 0 aromatic carbocycles. The van der Waals surface area contributed by atoms with E-state index in [4.69, 9.17) is 0 Å². The lowest BCUT2D eigenvalue weighted by Crippen LogP contribution is -2.61. The first-order valence-corrected chi connectivity index (χ1v) is 6.99. The van der Waals surface area contributed by atoms with Crippen LogP contribution in [0.1, 0.15) is 65.2 Å². The normalized spacial score (nSPS) is 33.8. The number of aliphatic carboxylic acids is 1. The maximum absolute atomic E-state index is 11.8. The van der Waals surface area contributed by atoms with E-state index in [1.165, 1.54) is 19.3 Å². The SMILES string of the molecule is CC1(C)CCCC1(NC1CCCCC1)C(=O)O. The summed E-state index contributed by atoms with van der Waals surface area (Å²) in [5, 5.41) is 13.2. The highest BCUT2D eigenvalue weighted by Crippen LogP contribution is 2.46. The van der Waals surface area contributed by atoms with Crippen molar-refractivity contribution in [2.45, 2.75) is 76.8 Å². The fourth-order valence-corrected chi connectivity index (χ4v) is 3.67. The van der Waals surface area contributed by atoms with Gasteiger partial charge in [0.25, 0.3) is 0 Å². The maximum atomic E-state index is 11.8. The molecular formula is C14H25NO2. The lowest BCUT2D eigenvalue weighted by molar-refractivity contribution is -0.149. The number of carbonyl (C=O) groups is 1. The van der Waals surface area contributed by atoms with Gasteiger partial charge in [-0.1, -0.05) is 39.5 Å². The van der Waals surface area contributed by atoms with Crippen LogP contribution in [0, 0.1) is 5.41 Å². The topological polar surface area (TPSA) is 49.3 Å². The predicted molar refractivity (Wildman–Crippen MR) is 68.0 cm³/mol. The molecule has 1 unspecified atom stereocenters. The maximum Gasteiger partial charge on any atom is 0.324 e. The van der Waals surface area contributed by atoms with Crippen molar-refractivity contribution in [1.29, 1.82) is 0 Å². The van der Waals surface area contributed by atoms with Gasteiger partial charge < -0.3 is 5.11 Å². The molecule has 0 heterocycles. The van der Waals surface area contributed by atoms with Crippen molar-refractivity contribution in [1.82, 2.24) is 5.32 Å². The molecule has 98 valence electrons. The molecule has 3 nitrogen and oxygen atoms in total. The molecular weight excluding hydrogens is 214 g/mol. The Morgan fingerprint density at radius 3 is 2.24 bits per heavy atom. The quantitative estimate of drug-likeness (QED) is 0.796. The highest BCUT2D eigenvalue weighted by atomic mass is 16.4. The van der Waals surface area contributed by atoms with Gasteiger partial charge in [-0.05, 0) is 31.1 Å². The van der Waals surface area contributed by atoms with Crippen molar-refractivity contribution >= 4 is 5.97 Å². The Hall–Kier alpha value is -0.570. The summed E-state index contributed by atoms with van der Waals surface area (Å²) in [7, 11) is 0. The van der Waals surface area contributed by atoms with E-state index in [9.17, 15) is 9.90 Å². The van der Waals surface area contributed by atoms with Gasteiger partial charge in [0.1, 0.15) is 5.54 Å². The predicted octanol–water partition coefficient (Wildman–Crippen LogP) is 2.94. The number of nitrogens with one attached hydrogen (secondary N) is 1. The van der Waals surface area contributed by atoms with Crippen molar-refractivity contribution in [2.24, 2.45) is 5.41 Å². The van der Waals surface area contributed by atoms with Crippen LogP contribution in [0.3, 0.4) is 0 Å². The zero-order valence-electron chi connectivity index (χ0n) is 11.1. The zero-order valence-corrected chi connectivity index (χ0v) is 11.1. The van der Waals surface area contributed by atoms with Crippen LogP contribution in [0.4, 0.5) is 0 Å². The van der Waals surface area contributed by atoms with Gasteiger partial charge in [-0.3, -0.25) is 10.1 Å². The van der Waals surface area contributed by atoms with E-state index < -0.39 is 11.5 Å². The second kappa shape index (κ2) is 4.60. The third kappa shape index (κ3) is 2.22. The van der Waals surface area contributed by atoms with Crippen LogP contribution < -0.4 is 5.32 Å². The van der Waals surface area contributed by atoms with Crippen molar-refractivity contribution in [3.63, 3.8) is 0 Å². The molecule has 17 heavy (non-hydrogen) atoms. The lowest BCUT2D eigenvalue weighted by Gasteiger charge is -2.42. The molecule has 0 aromatic rings. The number of carboxylic acid groups (broad SMARTS) is 1. The van der Waals surface area contributed by atoms with Crippen LogP contribution in [0.25, 0.3) is 0 Å². The molecule has 1 atom stereocenters. The fraction of sp³-hybridized carbons (Fsp3) is 0.929. The Morgan fingerprint density at radius 1 is 1.12 bits per heavy atom. The highest BCUT2D eigenvalue weighted by molar-refractivity contribution is 5.80. The molecule has 2 rings (SSSR count). The van der Waals surface area contributed by atoms with Gasteiger partial charge in [-0.15, -0.1) is 0 Å². The first kappa shape index (κ1) is 12.9. The van der Waals surface area contributed by atoms with Crippen LogP contribution >= 0.6 is 0 Å². The van der Waals surface area contributed by atoms with Crippen molar-refractivity contribution in [3.8, 4) is 0 Å². The van der Waals surface area contributed by atoms with Gasteiger partial charge in [0.2, 0.25) is 0 Å². The average Bonchev–Trinajstić information content (AvgIpc) is 2.57. The molecule has 2 fully saturated rings. The zero-order chi connectivity index (χ0) is 12.5. The van der Waals surface area contributed by atoms with Crippen LogP contribution in [-0.4, -0.2) is 22.7 Å². The second-order valence-electron chi connectivity index (χ2n) is 6.43. The van der Waals surface area contributed by atoms with E-state index in [-0.39, 0.29) is 5.41 Å². The van der Waals surface area contributed by atoms with Crippen LogP contribution in [0.15, 0.2) is 0 Å². The van der Waals surface area contributed by atoms with Gasteiger partial charge in [-0.2, -0.15) is 0 Å². The fourth-order valence-electron chi connectivity index (χ4n) is 3.67. The molecule has 0 aromatic heterocycles. The van der Waals surface area contributed by atoms with E-state index >= 15 is 0 Å². The summed E-state index contributed by atoms with van der Waals surface area (Å²) in [6.07, 6.45) is 8.91. The van der Waals surface area contributed by atoms with Gasteiger partial charge >= 0.3 is 5.97 Å². The number of hydrogen-bond donors (Lipinski definition) is 2. The third-order valence-corrected chi connectivity index (χ3v) is 4.93. The van der Waals surface area contributed by atoms with E-state index in [2.05, 4.69) is 19.2 Å². The molecule has 0 aliphatic heterocycles. The van der Waals surface area contributed by atoms with Crippen LogP contribution in [0.5, 0.6) is 0 Å². The number of rotatable bonds is 3. The first-order valence-electron chi connectivity index (χ1n) is 6.99. The van der Waals surface area contributed by atoms with E-state index in [0.717, 1.165) is 32.1 Å². The van der Waals surface area contributed by atoms with Gasteiger partial charge in [0.05, 0.1) is 0 Å². The van der Waals surface area contributed by atoms with Gasteiger partial charge in [0, 0.05) is 6.04 Å². The molecule has 0 radical (unpaired) electrons. The molecule has 0 saturated heterocycles. The van der Waals surface area contributed by atoms with Crippen molar-refractivity contribution in [2.75, 3.05) is 0 Å². The Bertz CT molecular complexity index is 295. The molecule has 0 bridgehead atoms. The lowest BCUT2D eigenvalue weighted by atomic mass is 9.73. The molecule has 2 saturated carbocycles.